The number of benzene rings is 1. The number of nitrogens with zero attached hydrogens (tertiary/aromatic N) is 2. The van der Waals surface area contributed by atoms with Gasteiger partial charge in [0.15, 0.2) is 0 Å². The summed E-state index contributed by atoms with van der Waals surface area (Å²) in [6.45, 7) is 0.792. The highest BCUT2D eigenvalue weighted by atomic mass is 32.2. The Hall–Kier alpha value is -1.65. The summed E-state index contributed by atoms with van der Waals surface area (Å²) < 4.78 is 43.7. The molecular formula is C14H17FN2O3S. The molecule has 1 aliphatic heterocycles. The van der Waals surface area contributed by atoms with Gasteiger partial charge in [0.25, 0.3) is 0 Å². The molecule has 0 aliphatic carbocycles. The minimum atomic E-state index is -3.37. The molecule has 1 fully saturated rings. The van der Waals surface area contributed by atoms with Crippen LogP contribution in [-0.4, -0.2) is 38.2 Å². The molecule has 0 saturated carbocycles. The highest BCUT2D eigenvalue weighted by Crippen LogP contribution is 2.19. The molecule has 1 heterocycles. The lowest BCUT2D eigenvalue weighted by molar-refractivity contribution is 0.300. The number of piperidine rings is 1. The van der Waals surface area contributed by atoms with E-state index in [0.29, 0.717) is 31.7 Å². The predicted octanol–water partition coefficient (Wildman–Crippen LogP) is 1.77. The van der Waals surface area contributed by atoms with Crippen LogP contribution < -0.4 is 4.74 Å². The van der Waals surface area contributed by atoms with E-state index >= 15 is 0 Å². The topological polar surface area (TPSA) is 70.4 Å². The average Bonchev–Trinajstić information content (AvgIpc) is 2.49. The zero-order valence-electron chi connectivity index (χ0n) is 11.5. The maximum atomic E-state index is 12.7. The molecule has 0 spiro atoms. The van der Waals surface area contributed by atoms with E-state index in [0.717, 1.165) is 0 Å². The monoisotopic (exact) mass is 312 g/mol. The maximum Gasteiger partial charge on any atom is 0.217 e. The van der Waals surface area contributed by atoms with Gasteiger partial charge in [-0.05, 0) is 37.1 Å². The van der Waals surface area contributed by atoms with Crippen LogP contribution >= 0.6 is 0 Å². The molecule has 0 N–H and O–H groups in total. The van der Waals surface area contributed by atoms with Crippen LogP contribution in [0.25, 0.3) is 0 Å². The van der Waals surface area contributed by atoms with Gasteiger partial charge >= 0.3 is 0 Å². The zero-order valence-corrected chi connectivity index (χ0v) is 12.4. The normalized spacial score (nSPS) is 17.3. The fourth-order valence-electron chi connectivity index (χ4n) is 2.19. The molecule has 21 heavy (non-hydrogen) atoms. The summed E-state index contributed by atoms with van der Waals surface area (Å²) in [4.78, 5) is 0. The standard InChI is InChI=1S/C14H17FN2O3S/c15-13-1-3-14(4-2-13)20-9-10-21(18,19)17-7-5-12(11-16)6-8-17/h1-4,12H,5-10H2. The third kappa shape index (κ3) is 4.41. The van der Waals surface area contributed by atoms with Crippen LogP contribution in [0.3, 0.4) is 0 Å². The van der Waals surface area contributed by atoms with Crippen molar-refractivity contribution in [1.29, 1.82) is 5.26 Å². The second kappa shape index (κ2) is 6.87. The minimum absolute atomic E-state index is 0.0200. The summed E-state index contributed by atoms with van der Waals surface area (Å²) in [5.74, 6) is -0.0984. The summed E-state index contributed by atoms with van der Waals surface area (Å²) >= 11 is 0. The molecule has 7 heteroatoms. The van der Waals surface area contributed by atoms with E-state index in [1.165, 1.54) is 28.6 Å². The first-order valence-corrected chi connectivity index (χ1v) is 8.38. The molecule has 0 amide bonds. The van der Waals surface area contributed by atoms with Gasteiger partial charge < -0.3 is 4.74 Å². The Morgan fingerprint density at radius 3 is 2.48 bits per heavy atom. The van der Waals surface area contributed by atoms with Crippen molar-refractivity contribution in [2.75, 3.05) is 25.4 Å². The van der Waals surface area contributed by atoms with Crippen molar-refractivity contribution < 1.29 is 17.5 Å². The van der Waals surface area contributed by atoms with Gasteiger partial charge in [0, 0.05) is 19.0 Å². The number of sulfonamides is 1. The van der Waals surface area contributed by atoms with Crippen molar-refractivity contribution in [2.24, 2.45) is 5.92 Å². The zero-order chi connectivity index (χ0) is 15.3. The Morgan fingerprint density at radius 1 is 1.29 bits per heavy atom. The third-order valence-electron chi connectivity index (χ3n) is 3.45. The molecule has 5 nitrogen and oxygen atoms in total. The van der Waals surface area contributed by atoms with Crippen molar-refractivity contribution in [1.82, 2.24) is 4.31 Å². The van der Waals surface area contributed by atoms with Gasteiger partial charge in [0.05, 0.1) is 11.8 Å². The van der Waals surface area contributed by atoms with E-state index in [9.17, 15) is 12.8 Å². The second-order valence-corrected chi connectivity index (χ2v) is 7.01. The SMILES string of the molecule is N#CC1CCN(S(=O)(=O)CCOc2ccc(F)cc2)CC1. The fraction of sp³-hybridized carbons (Fsp3) is 0.500. The lowest BCUT2D eigenvalue weighted by atomic mass is 10.0. The Bertz CT molecular complexity index is 602. The smallest absolute Gasteiger partial charge is 0.217 e. The number of hydrogen-bond acceptors (Lipinski definition) is 4. The summed E-state index contributed by atoms with van der Waals surface area (Å²) in [6, 6.07) is 7.61. The number of ether oxygens (including phenoxy) is 1. The van der Waals surface area contributed by atoms with Crippen molar-refractivity contribution >= 4 is 10.0 Å². The van der Waals surface area contributed by atoms with Crippen molar-refractivity contribution in [3.05, 3.63) is 30.1 Å². The van der Waals surface area contributed by atoms with E-state index in [2.05, 4.69) is 6.07 Å². The predicted molar refractivity (Wildman–Crippen MR) is 75.6 cm³/mol. The summed E-state index contributed by atoms with van der Waals surface area (Å²) in [5.41, 5.74) is 0. The van der Waals surface area contributed by atoms with E-state index < -0.39 is 10.0 Å². The first-order valence-electron chi connectivity index (χ1n) is 6.77. The Morgan fingerprint density at radius 2 is 1.90 bits per heavy atom. The number of halogens is 1. The summed E-state index contributed by atoms with van der Waals surface area (Å²) in [7, 11) is -3.37. The van der Waals surface area contributed by atoms with Crippen molar-refractivity contribution in [3.63, 3.8) is 0 Å². The van der Waals surface area contributed by atoms with Crippen LogP contribution in [-0.2, 0) is 10.0 Å². The molecule has 1 aromatic rings. The number of rotatable bonds is 5. The van der Waals surface area contributed by atoms with E-state index in [4.69, 9.17) is 10.00 Å². The molecule has 0 aromatic heterocycles. The van der Waals surface area contributed by atoms with Gasteiger partial charge in [0.1, 0.15) is 18.2 Å². The van der Waals surface area contributed by atoms with Gasteiger partial charge in [-0.15, -0.1) is 0 Å². The average molecular weight is 312 g/mol. The van der Waals surface area contributed by atoms with E-state index in [1.54, 1.807) is 0 Å². The lowest BCUT2D eigenvalue weighted by Crippen LogP contribution is -2.40. The molecule has 114 valence electrons. The Labute approximate surface area is 124 Å². The minimum Gasteiger partial charge on any atom is -0.492 e. The fourth-order valence-corrected chi connectivity index (χ4v) is 3.51. The molecule has 0 unspecified atom stereocenters. The molecule has 1 aliphatic rings. The van der Waals surface area contributed by atoms with Gasteiger partial charge in [-0.25, -0.2) is 17.1 Å². The summed E-state index contributed by atoms with van der Waals surface area (Å²) in [6.07, 6.45) is 1.16. The molecule has 0 radical (unpaired) electrons. The molecule has 0 atom stereocenters. The van der Waals surface area contributed by atoms with E-state index in [1.807, 2.05) is 0 Å². The van der Waals surface area contributed by atoms with Crippen LogP contribution in [0.5, 0.6) is 5.75 Å². The molecule has 2 rings (SSSR count). The van der Waals surface area contributed by atoms with Gasteiger partial charge in [-0.3, -0.25) is 0 Å². The van der Waals surface area contributed by atoms with Gasteiger partial charge in [0.2, 0.25) is 10.0 Å². The molecular weight excluding hydrogens is 295 g/mol. The van der Waals surface area contributed by atoms with E-state index in [-0.39, 0.29) is 24.1 Å². The van der Waals surface area contributed by atoms with Crippen LogP contribution in [0.2, 0.25) is 0 Å². The highest BCUT2D eigenvalue weighted by molar-refractivity contribution is 7.89. The van der Waals surface area contributed by atoms with Crippen LogP contribution in [0, 0.1) is 23.1 Å². The van der Waals surface area contributed by atoms with Gasteiger partial charge in [-0.1, -0.05) is 0 Å². The maximum absolute atomic E-state index is 12.7. The Balaban J connectivity index is 1.82. The first-order chi connectivity index (χ1) is 10.0. The molecule has 1 aromatic carbocycles. The summed E-state index contributed by atoms with van der Waals surface area (Å²) in [5, 5.41) is 8.80. The van der Waals surface area contributed by atoms with Crippen LogP contribution in [0.15, 0.2) is 24.3 Å². The highest BCUT2D eigenvalue weighted by Gasteiger charge is 2.27. The van der Waals surface area contributed by atoms with Crippen molar-refractivity contribution in [3.8, 4) is 11.8 Å². The molecule has 1 saturated heterocycles. The van der Waals surface area contributed by atoms with Crippen LogP contribution in [0.4, 0.5) is 4.39 Å². The lowest BCUT2D eigenvalue weighted by Gasteiger charge is -2.28. The number of nitriles is 1. The molecule has 0 bridgehead atoms. The van der Waals surface area contributed by atoms with Crippen LogP contribution in [0.1, 0.15) is 12.8 Å². The second-order valence-electron chi connectivity index (χ2n) is 4.92. The third-order valence-corrected chi connectivity index (χ3v) is 5.29. The Kier molecular flexibility index (Phi) is 5.15. The van der Waals surface area contributed by atoms with Crippen molar-refractivity contribution in [2.45, 2.75) is 12.8 Å². The first kappa shape index (κ1) is 15.7. The largest absolute Gasteiger partial charge is 0.492 e. The number of hydrogen-bond donors (Lipinski definition) is 0. The quantitative estimate of drug-likeness (QED) is 0.831. The van der Waals surface area contributed by atoms with Gasteiger partial charge in [-0.2, -0.15) is 5.26 Å².